The van der Waals surface area contributed by atoms with Gasteiger partial charge in [-0.1, -0.05) is 20.3 Å². The van der Waals surface area contributed by atoms with E-state index in [-0.39, 0.29) is 18.4 Å². The number of unbranched alkanes of at least 4 members (excludes halogenated alkanes) is 1. The van der Waals surface area contributed by atoms with Crippen molar-refractivity contribution in [1.82, 2.24) is 0 Å². The zero-order valence-corrected chi connectivity index (χ0v) is 13.6. The van der Waals surface area contributed by atoms with Crippen LogP contribution in [0.15, 0.2) is 0 Å². The van der Waals surface area contributed by atoms with Crippen LogP contribution in [0, 0.1) is 0 Å². The van der Waals surface area contributed by atoms with Crippen molar-refractivity contribution >= 4 is 11.9 Å². The largest absolute Gasteiger partial charge is 0.466 e. The Balaban J connectivity index is 4.37. The molecule has 5 heteroatoms. The van der Waals surface area contributed by atoms with E-state index in [0.717, 1.165) is 19.3 Å². The van der Waals surface area contributed by atoms with E-state index in [4.69, 9.17) is 9.47 Å². The van der Waals surface area contributed by atoms with Crippen molar-refractivity contribution in [2.45, 2.75) is 52.1 Å². The molecule has 1 unspecified atom stereocenters. The standard InChI is InChI=1S/C15H30NO4/c1-6-8-10-19-15(18)11-13(12-16(3,4)5)20-14(17)9-7-2/h13H,6-12H2,1-5H3/q+1. The maximum Gasteiger partial charge on any atom is 0.309 e. The molecular weight excluding hydrogens is 258 g/mol. The van der Waals surface area contributed by atoms with Gasteiger partial charge < -0.3 is 14.0 Å². The fraction of sp³-hybridized carbons (Fsp3) is 0.867. The van der Waals surface area contributed by atoms with Crippen molar-refractivity contribution in [2.75, 3.05) is 34.3 Å². The van der Waals surface area contributed by atoms with E-state index in [1.54, 1.807) is 0 Å². The zero-order valence-electron chi connectivity index (χ0n) is 13.6. The maximum atomic E-state index is 11.7. The topological polar surface area (TPSA) is 52.6 Å². The molecular formula is C15H30NO4+. The average molecular weight is 288 g/mol. The van der Waals surface area contributed by atoms with Crippen LogP contribution in [0.25, 0.3) is 0 Å². The minimum atomic E-state index is -0.414. The molecule has 0 aromatic rings. The molecule has 0 rings (SSSR count). The normalized spacial score (nSPS) is 12.8. The Morgan fingerprint density at radius 2 is 1.70 bits per heavy atom. The van der Waals surface area contributed by atoms with Crippen molar-refractivity contribution < 1.29 is 23.5 Å². The van der Waals surface area contributed by atoms with Gasteiger partial charge in [-0.2, -0.15) is 0 Å². The van der Waals surface area contributed by atoms with E-state index in [9.17, 15) is 9.59 Å². The minimum absolute atomic E-state index is 0.134. The maximum absolute atomic E-state index is 11.7. The highest BCUT2D eigenvalue weighted by Gasteiger charge is 2.25. The van der Waals surface area contributed by atoms with E-state index in [0.29, 0.717) is 24.1 Å². The van der Waals surface area contributed by atoms with Crippen molar-refractivity contribution in [3.8, 4) is 0 Å². The lowest BCUT2D eigenvalue weighted by Gasteiger charge is -2.28. The second-order valence-electron chi connectivity index (χ2n) is 6.11. The number of quaternary nitrogens is 1. The van der Waals surface area contributed by atoms with Gasteiger partial charge >= 0.3 is 11.9 Å². The number of nitrogens with zero attached hydrogens (tertiary/aromatic N) is 1. The highest BCUT2D eigenvalue weighted by molar-refractivity contribution is 5.72. The van der Waals surface area contributed by atoms with Gasteiger partial charge in [-0.15, -0.1) is 0 Å². The third-order valence-electron chi connectivity index (χ3n) is 2.66. The first-order valence-corrected chi connectivity index (χ1v) is 7.44. The summed E-state index contributed by atoms with van der Waals surface area (Å²) in [7, 11) is 6.01. The van der Waals surface area contributed by atoms with Gasteiger partial charge in [-0.25, -0.2) is 0 Å². The summed E-state index contributed by atoms with van der Waals surface area (Å²) in [6.07, 6.45) is 2.70. The van der Waals surface area contributed by atoms with Crippen LogP contribution < -0.4 is 0 Å². The predicted octanol–water partition coefficient (Wildman–Crippen LogP) is 2.14. The van der Waals surface area contributed by atoms with Gasteiger partial charge in [0.1, 0.15) is 6.54 Å². The first-order valence-electron chi connectivity index (χ1n) is 7.44. The number of esters is 2. The molecule has 0 bridgehead atoms. The number of carbonyl (C=O) groups excluding carboxylic acids is 2. The Bertz CT molecular complexity index is 297. The van der Waals surface area contributed by atoms with Crippen LogP contribution in [0.2, 0.25) is 0 Å². The van der Waals surface area contributed by atoms with E-state index < -0.39 is 6.10 Å². The third kappa shape index (κ3) is 10.8. The lowest BCUT2D eigenvalue weighted by molar-refractivity contribution is -0.873. The van der Waals surface area contributed by atoms with Crippen LogP contribution in [0.1, 0.15) is 46.0 Å². The molecule has 0 aromatic carbocycles. The summed E-state index contributed by atoms with van der Waals surface area (Å²) in [4.78, 5) is 23.3. The Hall–Kier alpha value is -1.10. The third-order valence-corrected chi connectivity index (χ3v) is 2.66. The summed E-state index contributed by atoms with van der Waals surface area (Å²) < 4.78 is 11.2. The molecule has 0 amide bonds. The second-order valence-corrected chi connectivity index (χ2v) is 6.11. The molecule has 0 heterocycles. The molecule has 0 aromatic heterocycles. The smallest absolute Gasteiger partial charge is 0.309 e. The van der Waals surface area contributed by atoms with Gasteiger partial charge in [-0.05, 0) is 12.8 Å². The molecule has 0 saturated carbocycles. The zero-order chi connectivity index (χ0) is 15.6. The predicted molar refractivity (Wildman–Crippen MR) is 78.2 cm³/mol. The van der Waals surface area contributed by atoms with E-state index in [2.05, 4.69) is 0 Å². The monoisotopic (exact) mass is 288 g/mol. The lowest BCUT2D eigenvalue weighted by Crippen LogP contribution is -2.44. The van der Waals surface area contributed by atoms with E-state index >= 15 is 0 Å². The van der Waals surface area contributed by atoms with E-state index in [1.165, 1.54) is 0 Å². The molecule has 118 valence electrons. The lowest BCUT2D eigenvalue weighted by atomic mass is 10.2. The number of carbonyl (C=O) groups is 2. The van der Waals surface area contributed by atoms with Gasteiger partial charge in [0.15, 0.2) is 6.10 Å². The van der Waals surface area contributed by atoms with Gasteiger partial charge in [0.2, 0.25) is 0 Å². The Morgan fingerprint density at radius 3 is 2.20 bits per heavy atom. The number of ether oxygens (including phenoxy) is 2. The minimum Gasteiger partial charge on any atom is -0.466 e. The van der Waals surface area contributed by atoms with Gasteiger partial charge in [0, 0.05) is 6.42 Å². The number of hydrogen-bond acceptors (Lipinski definition) is 4. The van der Waals surface area contributed by atoms with Crippen LogP contribution in [0.3, 0.4) is 0 Å². The van der Waals surface area contributed by atoms with Crippen LogP contribution in [0.4, 0.5) is 0 Å². The van der Waals surface area contributed by atoms with Crippen LogP contribution >= 0.6 is 0 Å². The molecule has 0 radical (unpaired) electrons. The first-order chi connectivity index (χ1) is 9.28. The fourth-order valence-electron chi connectivity index (χ4n) is 1.78. The SMILES string of the molecule is CCCCOC(=O)CC(C[N+](C)(C)C)OC(=O)CCC. The quantitative estimate of drug-likeness (QED) is 0.351. The van der Waals surface area contributed by atoms with Crippen LogP contribution in [-0.4, -0.2) is 56.8 Å². The average Bonchev–Trinajstić information content (AvgIpc) is 2.26. The summed E-state index contributed by atoms with van der Waals surface area (Å²) in [5.74, 6) is -0.534. The molecule has 5 nitrogen and oxygen atoms in total. The molecule has 0 N–H and O–H groups in total. The number of rotatable bonds is 10. The van der Waals surface area contributed by atoms with Crippen LogP contribution in [0.5, 0.6) is 0 Å². The van der Waals surface area contributed by atoms with Crippen molar-refractivity contribution in [1.29, 1.82) is 0 Å². The van der Waals surface area contributed by atoms with Crippen molar-refractivity contribution in [2.24, 2.45) is 0 Å². The molecule has 0 aliphatic heterocycles. The summed E-state index contributed by atoms with van der Waals surface area (Å²) in [6, 6.07) is 0. The van der Waals surface area contributed by atoms with Gasteiger partial charge in [0.25, 0.3) is 0 Å². The summed E-state index contributed by atoms with van der Waals surface area (Å²) in [6.45, 7) is 5.00. The molecule has 1 atom stereocenters. The Kier molecular flexibility index (Phi) is 9.21. The molecule has 0 fully saturated rings. The van der Waals surface area contributed by atoms with Crippen molar-refractivity contribution in [3.05, 3.63) is 0 Å². The Morgan fingerprint density at radius 1 is 1.05 bits per heavy atom. The molecule has 0 aliphatic carbocycles. The van der Waals surface area contributed by atoms with Gasteiger partial charge in [-0.3, -0.25) is 9.59 Å². The Labute approximate surface area is 122 Å². The molecule has 0 saturated heterocycles. The number of likely N-dealkylation sites (N-methyl/N-ethyl adjacent to an activating group) is 1. The molecule has 0 spiro atoms. The molecule has 20 heavy (non-hydrogen) atoms. The van der Waals surface area contributed by atoms with Crippen LogP contribution in [-0.2, 0) is 19.1 Å². The van der Waals surface area contributed by atoms with Gasteiger partial charge in [0.05, 0.1) is 34.2 Å². The van der Waals surface area contributed by atoms with Crippen molar-refractivity contribution in [3.63, 3.8) is 0 Å². The highest BCUT2D eigenvalue weighted by atomic mass is 16.6. The summed E-state index contributed by atoms with van der Waals surface area (Å²) >= 11 is 0. The fourth-order valence-corrected chi connectivity index (χ4v) is 1.78. The summed E-state index contributed by atoms with van der Waals surface area (Å²) in [5.41, 5.74) is 0. The first kappa shape index (κ1) is 18.9. The highest BCUT2D eigenvalue weighted by Crippen LogP contribution is 2.08. The second kappa shape index (κ2) is 9.75. The number of hydrogen-bond donors (Lipinski definition) is 0. The van der Waals surface area contributed by atoms with E-state index in [1.807, 2.05) is 35.0 Å². The molecule has 0 aliphatic rings. The summed E-state index contributed by atoms with van der Waals surface area (Å²) in [5, 5.41) is 0.